The minimum atomic E-state index is -0.663. The van der Waals surface area contributed by atoms with Crippen LogP contribution in [0.25, 0.3) is 0 Å². The van der Waals surface area contributed by atoms with Gasteiger partial charge in [-0.25, -0.2) is 4.39 Å². The van der Waals surface area contributed by atoms with Gasteiger partial charge in [0.25, 0.3) is 5.91 Å². The van der Waals surface area contributed by atoms with Crippen molar-refractivity contribution >= 4 is 23.2 Å². The average molecular weight is 209 g/mol. The van der Waals surface area contributed by atoms with Gasteiger partial charge in [0, 0.05) is 0 Å². The Labute approximate surface area is 84.4 Å². The summed E-state index contributed by atoms with van der Waals surface area (Å²) in [5.74, 6) is -1.54. The number of amides is 2. The molecule has 0 bridgehead atoms. The quantitative estimate of drug-likeness (QED) is 0.529. The summed E-state index contributed by atoms with van der Waals surface area (Å²) in [5, 5.41) is 4.74. The van der Waals surface area contributed by atoms with Gasteiger partial charge in [-0.15, -0.1) is 0 Å². The highest BCUT2D eigenvalue weighted by Gasteiger charge is 2.22. The number of halogens is 1. The molecule has 5 nitrogen and oxygen atoms in total. The summed E-state index contributed by atoms with van der Waals surface area (Å²) < 4.78 is 13.1. The zero-order valence-corrected chi connectivity index (χ0v) is 7.63. The number of carbonyl (C=O) groups excluding carboxylic acids is 2. The molecule has 4 N–H and O–H groups in total. The van der Waals surface area contributed by atoms with E-state index in [-0.39, 0.29) is 23.5 Å². The molecular formula is C9H8FN3O2. The van der Waals surface area contributed by atoms with Crippen molar-refractivity contribution in [1.29, 1.82) is 0 Å². The van der Waals surface area contributed by atoms with Gasteiger partial charge >= 0.3 is 0 Å². The largest absolute Gasteiger partial charge is 0.395 e. The Morgan fingerprint density at radius 3 is 2.80 bits per heavy atom. The lowest BCUT2D eigenvalue weighted by Crippen LogP contribution is -2.28. The molecule has 0 spiro atoms. The summed E-state index contributed by atoms with van der Waals surface area (Å²) >= 11 is 0. The average Bonchev–Trinajstić information content (AvgIpc) is 2.34. The van der Waals surface area contributed by atoms with Crippen LogP contribution in [0.5, 0.6) is 0 Å². The number of hydrogen-bond acceptors (Lipinski definition) is 3. The van der Waals surface area contributed by atoms with Crippen molar-refractivity contribution in [2.75, 3.05) is 17.6 Å². The van der Waals surface area contributed by atoms with Gasteiger partial charge in [0.2, 0.25) is 5.91 Å². The van der Waals surface area contributed by atoms with E-state index < -0.39 is 17.6 Å². The molecule has 2 amide bonds. The van der Waals surface area contributed by atoms with Crippen LogP contribution >= 0.6 is 0 Å². The summed E-state index contributed by atoms with van der Waals surface area (Å²) in [5.41, 5.74) is 5.41. The lowest BCUT2D eigenvalue weighted by Gasteiger charge is -2.08. The first kappa shape index (κ1) is 9.45. The van der Waals surface area contributed by atoms with Crippen LogP contribution in [0.15, 0.2) is 12.1 Å². The summed E-state index contributed by atoms with van der Waals surface area (Å²) in [4.78, 5) is 22.6. The van der Waals surface area contributed by atoms with Crippen LogP contribution in [-0.4, -0.2) is 18.4 Å². The number of anilines is 2. The van der Waals surface area contributed by atoms with Gasteiger partial charge in [-0.05, 0) is 12.1 Å². The van der Waals surface area contributed by atoms with Crippen LogP contribution < -0.4 is 16.4 Å². The number of hydrogen-bond donors (Lipinski definition) is 3. The molecule has 2 rings (SSSR count). The highest BCUT2D eigenvalue weighted by Crippen LogP contribution is 2.27. The molecule has 0 aliphatic carbocycles. The van der Waals surface area contributed by atoms with Gasteiger partial charge in [0.15, 0.2) is 0 Å². The van der Waals surface area contributed by atoms with Crippen LogP contribution in [0, 0.1) is 5.82 Å². The standard InChI is InChI=1S/C9H8FN3O2/c10-5-2-1-4-8(7(5)11)13-6(14)3-12-9(4)15/h1-2H,3,11H2,(H,12,15)(H,13,14). The number of nitrogen functional groups attached to an aromatic ring is 1. The molecule has 0 fully saturated rings. The highest BCUT2D eigenvalue weighted by atomic mass is 19.1. The molecular weight excluding hydrogens is 201 g/mol. The molecule has 6 heteroatoms. The van der Waals surface area contributed by atoms with E-state index >= 15 is 0 Å². The third kappa shape index (κ3) is 1.50. The Bertz CT molecular complexity index is 459. The van der Waals surface area contributed by atoms with E-state index in [4.69, 9.17) is 5.73 Å². The Kier molecular flexibility index (Phi) is 2.03. The van der Waals surface area contributed by atoms with E-state index in [9.17, 15) is 14.0 Å². The van der Waals surface area contributed by atoms with Crippen LogP contribution in [0.3, 0.4) is 0 Å². The summed E-state index contributed by atoms with van der Waals surface area (Å²) in [6.45, 7) is -0.144. The Balaban J connectivity index is 2.62. The first-order valence-corrected chi connectivity index (χ1v) is 4.25. The van der Waals surface area contributed by atoms with E-state index in [0.717, 1.165) is 6.07 Å². The lowest BCUT2D eigenvalue weighted by molar-refractivity contribution is -0.115. The second-order valence-electron chi connectivity index (χ2n) is 3.11. The second-order valence-corrected chi connectivity index (χ2v) is 3.11. The summed E-state index contributed by atoms with van der Waals surface area (Å²) in [6, 6.07) is 2.37. The smallest absolute Gasteiger partial charge is 0.253 e. The van der Waals surface area contributed by atoms with Gasteiger partial charge in [-0.2, -0.15) is 0 Å². The maximum absolute atomic E-state index is 13.1. The molecule has 0 atom stereocenters. The van der Waals surface area contributed by atoms with Crippen LogP contribution in [-0.2, 0) is 4.79 Å². The molecule has 0 saturated carbocycles. The molecule has 78 valence electrons. The monoisotopic (exact) mass is 209 g/mol. The molecule has 0 saturated heterocycles. The second kappa shape index (κ2) is 3.23. The predicted molar refractivity (Wildman–Crippen MR) is 51.8 cm³/mol. The number of rotatable bonds is 0. The van der Waals surface area contributed by atoms with Crippen molar-refractivity contribution in [3.8, 4) is 0 Å². The Hall–Kier alpha value is -2.11. The molecule has 1 aliphatic rings. The molecule has 1 heterocycles. The fourth-order valence-corrected chi connectivity index (χ4v) is 1.36. The van der Waals surface area contributed by atoms with Crippen molar-refractivity contribution in [2.45, 2.75) is 0 Å². The number of nitrogens with one attached hydrogen (secondary N) is 2. The lowest BCUT2D eigenvalue weighted by atomic mass is 10.1. The van der Waals surface area contributed by atoms with Crippen molar-refractivity contribution < 1.29 is 14.0 Å². The van der Waals surface area contributed by atoms with Gasteiger partial charge in [0.1, 0.15) is 5.82 Å². The first-order valence-electron chi connectivity index (χ1n) is 4.25. The number of fused-ring (bicyclic) bond motifs is 1. The molecule has 15 heavy (non-hydrogen) atoms. The van der Waals surface area contributed by atoms with Crippen LogP contribution in [0.1, 0.15) is 10.4 Å². The van der Waals surface area contributed by atoms with Crippen LogP contribution in [0.4, 0.5) is 15.8 Å². The minimum absolute atomic E-state index is 0.0370. The van der Waals surface area contributed by atoms with Gasteiger partial charge < -0.3 is 16.4 Å². The normalized spacial score (nSPS) is 15.0. The maximum Gasteiger partial charge on any atom is 0.253 e. The van der Waals surface area contributed by atoms with E-state index in [0.29, 0.717) is 0 Å². The topological polar surface area (TPSA) is 84.2 Å². The third-order valence-corrected chi connectivity index (χ3v) is 2.11. The Morgan fingerprint density at radius 1 is 1.33 bits per heavy atom. The fourth-order valence-electron chi connectivity index (χ4n) is 1.36. The summed E-state index contributed by atoms with van der Waals surface area (Å²) in [7, 11) is 0. The minimum Gasteiger partial charge on any atom is -0.395 e. The zero-order chi connectivity index (χ0) is 11.0. The van der Waals surface area contributed by atoms with Gasteiger partial charge in [-0.1, -0.05) is 0 Å². The van der Waals surface area contributed by atoms with E-state index in [1.807, 2.05) is 0 Å². The fraction of sp³-hybridized carbons (Fsp3) is 0.111. The zero-order valence-electron chi connectivity index (χ0n) is 7.63. The molecule has 0 radical (unpaired) electrons. The van der Waals surface area contributed by atoms with Crippen molar-refractivity contribution in [3.05, 3.63) is 23.5 Å². The van der Waals surface area contributed by atoms with Crippen molar-refractivity contribution in [2.24, 2.45) is 0 Å². The molecule has 0 unspecified atom stereocenters. The molecule has 1 aromatic rings. The highest BCUT2D eigenvalue weighted by molar-refractivity contribution is 6.11. The number of nitrogens with two attached hydrogens (primary N) is 1. The van der Waals surface area contributed by atoms with Crippen molar-refractivity contribution in [3.63, 3.8) is 0 Å². The molecule has 1 aliphatic heterocycles. The van der Waals surface area contributed by atoms with Gasteiger partial charge in [0.05, 0.1) is 23.5 Å². The van der Waals surface area contributed by atoms with E-state index in [1.54, 1.807) is 0 Å². The van der Waals surface area contributed by atoms with E-state index in [2.05, 4.69) is 10.6 Å². The molecule has 1 aromatic carbocycles. The number of benzene rings is 1. The maximum atomic E-state index is 13.1. The number of carbonyl (C=O) groups is 2. The third-order valence-electron chi connectivity index (χ3n) is 2.11. The first-order chi connectivity index (χ1) is 7.09. The predicted octanol–water partition coefficient (Wildman–Crippen LogP) is 0.0898. The van der Waals surface area contributed by atoms with Gasteiger partial charge in [-0.3, -0.25) is 9.59 Å². The van der Waals surface area contributed by atoms with E-state index in [1.165, 1.54) is 6.07 Å². The SMILES string of the molecule is Nc1c(F)ccc2c1NC(=O)CNC2=O. The summed E-state index contributed by atoms with van der Waals surface area (Å²) in [6.07, 6.45) is 0. The Morgan fingerprint density at radius 2 is 2.07 bits per heavy atom. The molecule has 0 aromatic heterocycles. The van der Waals surface area contributed by atoms with Crippen LogP contribution in [0.2, 0.25) is 0 Å². The van der Waals surface area contributed by atoms with Crippen molar-refractivity contribution in [1.82, 2.24) is 5.32 Å².